The summed E-state index contributed by atoms with van der Waals surface area (Å²) in [4.78, 5) is 9.73. The predicted octanol–water partition coefficient (Wildman–Crippen LogP) is 1.17. The van der Waals surface area contributed by atoms with Gasteiger partial charge in [0.15, 0.2) is 5.96 Å². The van der Waals surface area contributed by atoms with Gasteiger partial charge in [0.2, 0.25) is 0 Å². The van der Waals surface area contributed by atoms with Crippen LogP contribution in [0, 0.1) is 17.3 Å². The fourth-order valence-electron chi connectivity index (χ4n) is 6.13. The van der Waals surface area contributed by atoms with Crippen molar-refractivity contribution in [2.75, 3.05) is 59.6 Å². The molecule has 5 aliphatic rings. The monoisotopic (exact) mass is 362 g/mol. The minimum atomic E-state index is 0.418. The molecule has 6 nitrogen and oxygen atoms in total. The summed E-state index contributed by atoms with van der Waals surface area (Å²) >= 11 is 0. The summed E-state index contributed by atoms with van der Waals surface area (Å²) in [5.41, 5.74) is 0.418. The molecule has 2 aliphatic carbocycles. The summed E-state index contributed by atoms with van der Waals surface area (Å²) in [5.74, 6) is 2.57. The third kappa shape index (κ3) is 2.76. The number of aliphatic imine (C=N–C) groups is 1. The molecule has 5 rings (SSSR count). The summed E-state index contributed by atoms with van der Waals surface area (Å²) in [7, 11) is 1.94. The van der Waals surface area contributed by atoms with Crippen LogP contribution in [-0.4, -0.2) is 87.5 Å². The van der Waals surface area contributed by atoms with Gasteiger partial charge in [-0.05, 0) is 31.6 Å². The molecule has 3 heterocycles. The molecule has 6 heteroatoms. The van der Waals surface area contributed by atoms with E-state index in [1.807, 2.05) is 7.05 Å². The molecule has 2 saturated carbocycles. The topological polar surface area (TPSA) is 49.3 Å². The Hall–Kier alpha value is -0.850. The number of ether oxygens (including phenoxy) is 2. The van der Waals surface area contributed by atoms with E-state index >= 15 is 0 Å². The van der Waals surface area contributed by atoms with Gasteiger partial charge in [-0.25, -0.2) is 0 Å². The van der Waals surface area contributed by atoms with Crippen LogP contribution >= 0.6 is 0 Å². The van der Waals surface area contributed by atoms with E-state index in [1.165, 1.54) is 38.6 Å². The van der Waals surface area contributed by atoms with E-state index in [2.05, 4.69) is 20.1 Å². The fraction of sp³-hybridized carbons (Fsp3) is 0.950. The number of nitrogens with zero attached hydrogens (tertiary/aromatic N) is 3. The first kappa shape index (κ1) is 17.3. The van der Waals surface area contributed by atoms with Gasteiger partial charge in [-0.15, -0.1) is 0 Å². The predicted molar refractivity (Wildman–Crippen MR) is 101 cm³/mol. The number of guanidine groups is 1. The summed E-state index contributed by atoms with van der Waals surface area (Å²) in [6, 6.07) is 0.580. The normalized spacial score (nSPS) is 39.6. The summed E-state index contributed by atoms with van der Waals surface area (Å²) in [6.45, 7) is 8.51. The molecule has 0 radical (unpaired) electrons. The van der Waals surface area contributed by atoms with Gasteiger partial charge in [-0.1, -0.05) is 6.42 Å². The van der Waals surface area contributed by atoms with Gasteiger partial charge in [0.1, 0.15) is 0 Å². The van der Waals surface area contributed by atoms with Crippen LogP contribution in [0.4, 0.5) is 0 Å². The third-order valence-corrected chi connectivity index (χ3v) is 7.74. The van der Waals surface area contributed by atoms with E-state index in [9.17, 15) is 0 Å². The van der Waals surface area contributed by atoms with E-state index in [1.54, 1.807) is 0 Å². The van der Waals surface area contributed by atoms with Crippen LogP contribution in [0.3, 0.4) is 0 Å². The van der Waals surface area contributed by atoms with Gasteiger partial charge < -0.3 is 19.7 Å². The number of fused-ring (bicyclic) bond motifs is 2. The Balaban J connectivity index is 1.16. The van der Waals surface area contributed by atoms with Crippen molar-refractivity contribution in [1.29, 1.82) is 0 Å². The second-order valence-corrected chi connectivity index (χ2v) is 9.02. The number of piperazine rings is 1. The first-order valence-corrected chi connectivity index (χ1v) is 10.7. The maximum absolute atomic E-state index is 6.07. The van der Waals surface area contributed by atoms with Gasteiger partial charge in [-0.3, -0.25) is 9.89 Å². The molecule has 4 unspecified atom stereocenters. The maximum atomic E-state index is 6.07. The fourth-order valence-corrected chi connectivity index (χ4v) is 6.13. The Labute approximate surface area is 157 Å². The average Bonchev–Trinajstić information content (AvgIpc) is 3.26. The molecular formula is C20H34N4O2. The van der Waals surface area contributed by atoms with Crippen LogP contribution < -0.4 is 5.32 Å². The molecule has 3 saturated heterocycles. The molecule has 0 bridgehead atoms. The first-order chi connectivity index (χ1) is 12.8. The van der Waals surface area contributed by atoms with Crippen molar-refractivity contribution in [2.24, 2.45) is 22.2 Å². The van der Waals surface area contributed by atoms with Crippen molar-refractivity contribution in [3.63, 3.8) is 0 Å². The number of nitrogens with one attached hydrogen (secondary N) is 1. The molecule has 3 aliphatic heterocycles. The van der Waals surface area contributed by atoms with Crippen molar-refractivity contribution in [3.05, 3.63) is 0 Å². The summed E-state index contributed by atoms with van der Waals surface area (Å²) in [6.07, 6.45) is 7.01. The highest BCUT2D eigenvalue weighted by Gasteiger charge is 2.66. The van der Waals surface area contributed by atoms with E-state index in [0.29, 0.717) is 23.5 Å². The highest BCUT2D eigenvalue weighted by atomic mass is 16.5. The van der Waals surface area contributed by atoms with Crippen LogP contribution in [0.2, 0.25) is 0 Å². The van der Waals surface area contributed by atoms with Gasteiger partial charge in [0.25, 0.3) is 0 Å². The quantitative estimate of drug-likeness (QED) is 0.603. The zero-order chi connectivity index (χ0) is 17.6. The first-order valence-electron chi connectivity index (χ1n) is 10.7. The molecule has 0 aromatic rings. The number of hydrogen-bond acceptors (Lipinski definition) is 4. The molecule has 1 spiro atoms. The molecular weight excluding hydrogens is 328 g/mol. The zero-order valence-corrected chi connectivity index (χ0v) is 16.2. The Morgan fingerprint density at radius 1 is 1.15 bits per heavy atom. The molecule has 4 atom stereocenters. The van der Waals surface area contributed by atoms with Crippen LogP contribution in [-0.2, 0) is 9.47 Å². The van der Waals surface area contributed by atoms with Crippen molar-refractivity contribution < 1.29 is 9.47 Å². The smallest absolute Gasteiger partial charge is 0.193 e. The Bertz CT molecular complexity index is 536. The number of hydrogen-bond donors (Lipinski definition) is 1. The Morgan fingerprint density at radius 2 is 2.00 bits per heavy atom. The zero-order valence-electron chi connectivity index (χ0n) is 16.2. The number of rotatable bonds is 3. The average molecular weight is 363 g/mol. The van der Waals surface area contributed by atoms with Crippen LogP contribution in [0.5, 0.6) is 0 Å². The van der Waals surface area contributed by atoms with Gasteiger partial charge >= 0.3 is 0 Å². The molecule has 0 aromatic heterocycles. The largest absolute Gasteiger partial charge is 0.381 e. The van der Waals surface area contributed by atoms with Crippen LogP contribution in [0.1, 0.15) is 32.1 Å². The van der Waals surface area contributed by atoms with E-state index < -0.39 is 0 Å². The lowest BCUT2D eigenvalue weighted by Crippen LogP contribution is -2.73. The lowest BCUT2D eigenvalue weighted by atomic mass is 9.46. The van der Waals surface area contributed by atoms with Crippen LogP contribution in [0.25, 0.3) is 0 Å². The van der Waals surface area contributed by atoms with Crippen molar-refractivity contribution in [3.8, 4) is 0 Å². The third-order valence-electron chi connectivity index (χ3n) is 7.74. The molecule has 1 N–H and O–H groups in total. The van der Waals surface area contributed by atoms with E-state index in [4.69, 9.17) is 9.47 Å². The summed E-state index contributed by atoms with van der Waals surface area (Å²) < 4.78 is 11.6. The van der Waals surface area contributed by atoms with Crippen molar-refractivity contribution >= 4 is 5.96 Å². The lowest BCUT2D eigenvalue weighted by Gasteiger charge is -2.63. The van der Waals surface area contributed by atoms with E-state index in [-0.39, 0.29) is 0 Å². The Kier molecular flexibility index (Phi) is 4.62. The minimum absolute atomic E-state index is 0.418. The van der Waals surface area contributed by atoms with Crippen molar-refractivity contribution in [1.82, 2.24) is 15.1 Å². The van der Waals surface area contributed by atoms with Crippen LogP contribution in [0.15, 0.2) is 4.99 Å². The van der Waals surface area contributed by atoms with Crippen molar-refractivity contribution in [2.45, 2.75) is 44.2 Å². The highest BCUT2D eigenvalue weighted by Crippen LogP contribution is 2.62. The van der Waals surface area contributed by atoms with Gasteiger partial charge in [0.05, 0.1) is 12.7 Å². The lowest BCUT2D eigenvalue weighted by molar-refractivity contribution is -0.171. The van der Waals surface area contributed by atoms with Gasteiger partial charge in [0, 0.05) is 70.4 Å². The second-order valence-electron chi connectivity index (χ2n) is 9.02. The van der Waals surface area contributed by atoms with Gasteiger partial charge in [-0.2, -0.15) is 0 Å². The second kappa shape index (κ2) is 6.95. The molecule has 0 amide bonds. The minimum Gasteiger partial charge on any atom is -0.381 e. The molecule has 0 aromatic carbocycles. The highest BCUT2D eigenvalue weighted by molar-refractivity contribution is 5.80. The maximum Gasteiger partial charge on any atom is 0.193 e. The molecule has 146 valence electrons. The summed E-state index contributed by atoms with van der Waals surface area (Å²) in [5, 5.41) is 3.88. The molecule has 5 fully saturated rings. The standard InChI is InChI=1S/C20H34N4O2/c1-21-19(22-17-16-4-12-26-18(16)20(17)5-2-6-20)24-9-7-23(8-10-24)13-15-3-11-25-14-15/h15-18H,2-14H2,1H3,(H,21,22). The Morgan fingerprint density at radius 3 is 2.65 bits per heavy atom. The molecule has 26 heavy (non-hydrogen) atoms. The van der Waals surface area contributed by atoms with E-state index in [0.717, 1.165) is 57.9 Å². The SMILES string of the molecule is CN=C(NC1C2CCOC2C12CCC2)N1CCN(CC2CCOC2)CC1.